The fourth-order valence-corrected chi connectivity index (χ4v) is 3.30. The predicted molar refractivity (Wildman–Crippen MR) is 88.3 cm³/mol. The van der Waals surface area contributed by atoms with Crippen LogP contribution in [0.15, 0.2) is 30.3 Å². The van der Waals surface area contributed by atoms with Gasteiger partial charge in [-0.1, -0.05) is 12.1 Å². The summed E-state index contributed by atoms with van der Waals surface area (Å²) in [6.07, 6.45) is -0.0746. The van der Waals surface area contributed by atoms with Crippen LogP contribution in [-0.2, 0) is 4.79 Å². The van der Waals surface area contributed by atoms with Gasteiger partial charge in [0.2, 0.25) is 0 Å². The van der Waals surface area contributed by atoms with E-state index in [0.717, 1.165) is 16.0 Å². The maximum atomic E-state index is 13.0. The first-order valence-electron chi connectivity index (χ1n) is 7.29. The lowest BCUT2D eigenvalue weighted by atomic mass is 10.1. The van der Waals surface area contributed by atoms with E-state index in [2.05, 4.69) is 0 Å². The smallest absolute Gasteiger partial charge is 0.305 e. The topological polar surface area (TPSA) is 57.6 Å². The second kappa shape index (κ2) is 7.37. The molecule has 0 aliphatic carbocycles. The zero-order chi connectivity index (χ0) is 17.0. The Balaban J connectivity index is 2.23. The number of nitrogens with zero attached hydrogens (tertiary/aromatic N) is 1. The summed E-state index contributed by atoms with van der Waals surface area (Å²) < 4.78 is 13.0. The quantitative estimate of drug-likeness (QED) is 0.873. The largest absolute Gasteiger partial charge is 0.481 e. The minimum absolute atomic E-state index is 0.0746. The lowest BCUT2D eigenvalue weighted by molar-refractivity contribution is -0.137. The molecule has 0 radical (unpaired) electrons. The van der Waals surface area contributed by atoms with E-state index in [0.29, 0.717) is 11.4 Å². The van der Waals surface area contributed by atoms with Crippen LogP contribution in [0.2, 0.25) is 0 Å². The number of hydrogen-bond donors (Lipinski definition) is 1. The number of carboxylic acid groups (broad SMARTS) is 1. The molecule has 0 saturated carbocycles. The SMILES string of the molecule is CCN(CCC(=O)O)C(=O)c1cc(-c2ccc(F)cc2)c(C)s1. The van der Waals surface area contributed by atoms with Crippen molar-refractivity contribution < 1.29 is 19.1 Å². The third-order valence-electron chi connectivity index (χ3n) is 3.55. The van der Waals surface area contributed by atoms with Crippen LogP contribution in [0.25, 0.3) is 11.1 Å². The van der Waals surface area contributed by atoms with Gasteiger partial charge in [0.1, 0.15) is 5.82 Å². The first kappa shape index (κ1) is 17.1. The number of carbonyl (C=O) groups excluding carboxylic acids is 1. The van der Waals surface area contributed by atoms with Crippen LogP contribution in [0.4, 0.5) is 4.39 Å². The summed E-state index contributed by atoms with van der Waals surface area (Å²) in [7, 11) is 0. The molecule has 0 atom stereocenters. The highest BCUT2D eigenvalue weighted by Crippen LogP contribution is 2.31. The fraction of sp³-hybridized carbons (Fsp3) is 0.294. The Morgan fingerprint density at radius 3 is 2.48 bits per heavy atom. The summed E-state index contributed by atoms with van der Waals surface area (Å²) in [5.41, 5.74) is 1.75. The normalized spacial score (nSPS) is 10.6. The number of aliphatic carboxylic acids is 1. The highest BCUT2D eigenvalue weighted by molar-refractivity contribution is 7.14. The van der Waals surface area contributed by atoms with Gasteiger partial charge in [0.25, 0.3) is 5.91 Å². The van der Waals surface area contributed by atoms with Crippen molar-refractivity contribution in [3.8, 4) is 11.1 Å². The molecule has 4 nitrogen and oxygen atoms in total. The van der Waals surface area contributed by atoms with Crippen LogP contribution in [0, 0.1) is 12.7 Å². The molecule has 122 valence electrons. The van der Waals surface area contributed by atoms with Gasteiger partial charge in [-0.3, -0.25) is 9.59 Å². The number of carboxylic acids is 1. The molecule has 2 rings (SSSR count). The Hall–Kier alpha value is -2.21. The number of aryl methyl sites for hydroxylation is 1. The molecular weight excluding hydrogens is 317 g/mol. The number of halogens is 1. The molecule has 1 aromatic heterocycles. The van der Waals surface area contributed by atoms with E-state index in [1.165, 1.54) is 28.4 Å². The maximum Gasteiger partial charge on any atom is 0.305 e. The van der Waals surface area contributed by atoms with Crippen molar-refractivity contribution in [3.05, 3.63) is 45.9 Å². The van der Waals surface area contributed by atoms with Crippen molar-refractivity contribution in [2.45, 2.75) is 20.3 Å². The number of carbonyl (C=O) groups is 2. The Morgan fingerprint density at radius 1 is 1.26 bits per heavy atom. The van der Waals surface area contributed by atoms with Gasteiger partial charge in [0.05, 0.1) is 11.3 Å². The molecule has 1 heterocycles. The van der Waals surface area contributed by atoms with Crippen molar-refractivity contribution in [2.75, 3.05) is 13.1 Å². The van der Waals surface area contributed by atoms with Gasteiger partial charge >= 0.3 is 5.97 Å². The Bertz CT molecular complexity index is 709. The summed E-state index contributed by atoms with van der Waals surface area (Å²) >= 11 is 1.37. The average Bonchev–Trinajstić information content (AvgIpc) is 2.90. The lowest BCUT2D eigenvalue weighted by Gasteiger charge is -2.18. The van der Waals surface area contributed by atoms with E-state index in [4.69, 9.17) is 5.11 Å². The van der Waals surface area contributed by atoms with E-state index in [9.17, 15) is 14.0 Å². The number of thiophene rings is 1. The van der Waals surface area contributed by atoms with E-state index < -0.39 is 5.97 Å². The number of hydrogen-bond acceptors (Lipinski definition) is 3. The number of benzene rings is 1. The van der Waals surface area contributed by atoms with E-state index in [1.54, 1.807) is 18.2 Å². The van der Waals surface area contributed by atoms with Crippen molar-refractivity contribution in [1.29, 1.82) is 0 Å². The van der Waals surface area contributed by atoms with Crippen LogP contribution < -0.4 is 0 Å². The monoisotopic (exact) mass is 335 g/mol. The summed E-state index contributed by atoms with van der Waals surface area (Å²) in [6.45, 7) is 4.37. The molecule has 0 fully saturated rings. The molecule has 1 N–H and O–H groups in total. The highest BCUT2D eigenvalue weighted by Gasteiger charge is 2.19. The van der Waals surface area contributed by atoms with Gasteiger partial charge < -0.3 is 10.0 Å². The molecule has 1 amide bonds. The third kappa shape index (κ3) is 4.16. The fourth-order valence-electron chi connectivity index (χ4n) is 2.29. The second-order valence-corrected chi connectivity index (χ2v) is 6.37. The third-order valence-corrected chi connectivity index (χ3v) is 4.59. The minimum atomic E-state index is -0.925. The molecule has 1 aromatic carbocycles. The molecule has 0 aliphatic heterocycles. The minimum Gasteiger partial charge on any atom is -0.481 e. The standard InChI is InChI=1S/C17H18FNO3S/c1-3-19(9-8-16(20)21)17(22)15-10-14(11(2)23-15)12-4-6-13(18)7-5-12/h4-7,10H,3,8-9H2,1-2H3,(H,20,21). The molecule has 0 unspecified atom stereocenters. The van der Waals surface area contributed by atoms with Gasteiger partial charge in [-0.05, 0) is 43.2 Å². The number of amides is 1. The maximum absolute atomic E-state index is 13.0. The van der Waals surface area contributed by atoms with Gasteiger partial charge in [-0.25, -0.2) is 4.39 Å². The molecule has 6 heteroatoms. The predicted octanol–water partition coefficient (Wildman–Crippen LogP) is 3.80. The molecule has 0 spiro atoms. The highest BCUT2D eigenvalue weighted by atomic mass is 32.1. The Labute approximate surface area is 138 Å². The van der Waals surface area contributed by atoms with E-state index >= 15 is 0 Å². The van der Waals surface area contributed by atoms with E-state index in [1.807, 2.05) is 13.8 Å². The van der Waals surface area contributed by atoms with Crippen molar-refractivity contribution >= 4 is 23.2 Å². The molecule has 2 aromatic rings. The van der Waals surface area contributed by atoms with E-state index in [-0.39, 0.29) is 24.7 Å². The van der Waals surface area contributed by atoms with Crippen molar-refractivity contribution in [3.63, 3.8) is 0 Å². The second-order valence-electron chi connectivity index (χ2n) is 5.12. The van der Waals surface area contributed by atoms with Crippen LogP contribution in [-0.4, -0.2) is 35.0 Å². The summed E-state index contributed by atoms with van der Waals surface area (Å²) in [4.78, 5) is 26.3. The first-order valence-corrected chi connectivity index (χ1v) is 8.11. The molecule has 0 saturated heterocycles. The Kier molecular flexibility index (Phi) is 5.50. The van der Waals surface area contributed by atoms with Gasteiger partial charge in [-0.15, -0.1) is 11.3 Å². The van der Waals surface area contributed by atoms with Crippen molar-refractivity contribution in [1.82, 2.24) is 4.90 Å². The molecule has 0 bridgehead atoms. The van der Waals surface area contributed by atoms with Crippen LogP contribution in [0.3, 0.4) is 0 Å². The zero-order valence-corrected chi connectivity index (χ0v) is 13.8. The van der Waals surface area contributed by atoms with Gasteiger partial charge in [0, 0.05) is 18.0 Å². The Morgan fingerprint density at radius 2 is 1.91 bits per heavy atom. The molecular formula is C17H18FNO3S. The average molecular weight is 335 g/mol. The first-order chi connectivity index (χ1) is 10.9. The van der Waals surface area contributed by atoms with Crippen LogP contribution in [0.1, 0.15) is 27.9 Å². The number of rotatable bonds is 6. The van der Waals surface area contributed by atoms with Crippen LogP contribution >= 0.6 is 11.3 Å². The molecule has 0 aliphatic rings. The van der Waals surface area contributed by atoms with Crippen LogP contribution in [0.5, 0.6) is 0 Å². The summed E-state index contributed by atoms with van der Waals surface area (Å²) in [5.74, 6) is -1.40. The lowest BCUT2D eigenvalue weighted by Crippen LogP contribution is -2.32. The summed E-state index contributed by atoms with van der Waals surface area (Å²) in [5, 5.41) is 8.76. The van der Waals surface area contributed by atoms with Crippen molar-refractivity contribution in [2.24, 2.45) is 0 Å². The molecule has 23 heavy (non-hydrogen) atoms. The summed E-state index contributed by atoms with van der Waals surface area (Å²) in [6, 6.07) is 7.93. The zero-order valence-electron chi connectivity index (χ0n) is 13.0. The van der Waals surface area contributed by atoms with Gasteiger partial charge in [0.15, 0.2) is 0 Å². The van der Waals surface area contributed by atoms with Gasteiger partial charge in [-0.2, -0.15) is 0 Å².